The van der Waals surface area contributed by atoms with Crippen LogP contribution in [0.4, 0.5) is 0 Å². The molecule has 1 saturated carbocycles. The lowest BCUT2D eigenvalue weighted by molar-refractivity contribution is 0.0642. The molecule has 19 heavy (non-hydrogen) atoms. The molecule has 1 N–H and O–H groups in total. The Hall–Kier alpha value is -0.0800. The predicted molar refractivity (Wildman–Crippen MR) is 83.5 cm³/mol. The number of likely N-dealkylation sites (tertiary alicyclic amines) is 1. The van der Waals surface area contributed by atoms with Crippen LogP contribution in [-0.2, 0) is 0 Å². The van der Waals surface area contributed by atoms with E-state index in [0.29, 0.717) is 5.41 Å². The van der Waals surface area contributed by atoms with E-state index in [1.54, 1.807) is 0 Å². The van der Waals surface area contributed by atoms with Gasteiger partial charge in [-0.1, -0.05) is 20.8 Å². The Balaban J connectivity index is 1.90. The van der Waals surface area contributed by atoms with Crippen molar-refractivity contribution in [3.8, 4) is 0 Å². The van der Waals surface area contributed by atoms with Crippen LogP contribution in [0.2, 0.25) is 0 Å². The SMILES string of the molecule is CCC(CC)(CNC1CC1)CN1CCC(C)CC1C. The molecule has 0 aromatic rings. The molecule has 112 valence electrons. The molecular weight excluding hydrogens is 232 g/mol. The highest BCUT2D eigenvalue weighted by Crippen LogP contribution is 2.32. The highest BCUT2D eigenvalue weighted by Gasteiger charge is 2.34. The first kappa shape index (κ1) is 15.3. The standard InChI is InChI=1S/C17H34N2/c1-5-17(6-2,12-18-16-7-8-16)13-19-10-9-14(3)11-15(19)4/h14-16,18H,5-13H2,1-4H3. The van der Waals surface area contributed by atoms with Crippen molar-refractivity contribution in [1.29, 1.82) is 0 Å². The molecule has 1 aliphatic heterocycles. The summed E-state index contributed by atoms with van der Waals surface area (Å²) in [6, 6.07) is 1.62. The molecule has 2 aliphatic rings. The predicted octanol–water partition coefficient (Wildman–Crippen LogP) is 3.67. The minimum absolute atomic E-state index is 0.497. The zero-order valence-corrected chi connectivity index (χ0v) is 13.5. The van der Waals surface area contributed by atoms with Crippen molar-refractivity contribution in [3.05, 3.63) is 0 Å². The molecular formula is C17H34N2. The first-order chi connectivity index (χ1) is 9.08. The van der Waals surface area contributed by atoms with E-state index in [2.05, 4.69) is 37.9 Å². The van der Waals surface area contributed by atoms with Gasteiger partial charge in [-0.25, -0.2) is 0 Å². The van der Waals surface area contributed by atoms with Crippen LogP contribution >= 0.6 is 0 Å². The third kappa shape index (κ3) is 4.19. The van der Waals surface area contributed by atoms with E-state index >= 15 is 0 Å². The summed E-state index contributed by atoms with van der Waals surface area (Å²) in [5.41, 5.74) is 0.497. The summed E-state index contributed by atoms with van der Waals surface area (Å²) in [7, 11) is 0. The van der Waals surface area contributed by atoms with Gasteiger partial charge < -0.3 is 10.2 Å². The van der Waals surface area contributed by atoms with Crippen LogP contribution in [0.25, 0.3) is 0 Å². The van der Waals surface area contributed by atoms with E-state index in [4.69, 9.17) is 0 Å². The average molecular weight is 266 g/mol. The second-order valence-corrected chi connectivity index (χ2v) is 7.31. The molecule has 0 spiro atoms. The number of hydrogen-bond acceptors (Lipinski definition) is 2. The minimum atomic E-state index is 0.497. The summed E-state index contributed by atoms with van der Waals surface area (Å²) in [6.07, 6.45) is 8.20. The number of rotatable bonds is 7. The van der Waals surface area contributed by atoms with Gasteiger partial charge in [0.1, 0.15) is 0 Å². The van der Waals surface area contributed by atoms with Crippen molar-refractivity contribution in [2.24, 2.45) is 11.3 Å². The fourth-order valence-corrected chi connectivity index (χ4v) is 3.55. The lowest BCUT2D eigenvalue weighted by Crippen LogP contribution is -2.49. The molecule has 0 bridgehead atoms. The molecule has 1 saturated heterocycles. The Bertz CT molecular complexity index is 268. The lowest BCUT2D eigenvalue weighted by Gasteiger charge is -2.43. The Morgan fingerprint density at radius 3 is 2.32 bits per heavy atom. The van der Waals surface area contributed by atoms with Gasteiger partial charge in [-0.2, -0.15) is 0 Å². The molecule has 0 aromatic carbocycles. The Labute approximate surface area is 120 Å². The van der Waals surface area contributed by atoms with E-state index in [-0.39, 0.29) is 0 Å². The number of hydrogen-bond donors (Lipinski definition) is 1. The van der Waals surface area contributed by atoms with Gasteiger partial charge in [0.2, 0.25) is 0 Å². The summed E-state index contributed by atoms with van der Waals surface area (Å²) in [5.74, 6) is 0.925. The third-order valence-corrected chi connectivity index (χ3v) is 5.66. The zero-order valence-electron chi connectivity index (χ0n) is 13.5. The maximum atomic E-state index is 3.79. The van der Waals surface area contributed by atoms with E-state index in [1.807, 2.05) is 0 Å². The minimum Gasteiger partial charge on any atom is -0.313 e. The highest BCUT2D eigenvalue weighted by molar-refractivity contribution is 4.90. The molecule has 2 unspecified atom stereocenters. The Kier molecular flexibility index (Phi) is 5.30. The average Bonchev–Trinajstić information content (AvgIpc) is 3.21. The Morgan fingerprint density at radius 1 is 1.11 bits per heavy atom. The van der Waals surface area contributed by atoms with Crippen LogP contribution in [0.5, 0.6) is 0 Å². The molecule has 0 amide bonds. The topological polar surface area (TPSA) is 15.3 Å². The molecule has 2 atom stereocenters. The van der Waals surface area contributed by atoms with Gasteiger partial charge in [0.25, 0.3) is 0 Å². The van der Waals surface area contributed by atoms with Gasteiger partial charge >= 0.3 is 0 Å². The van der Waals surface area contributed by atoms with Crippen LogP contribution in [0.3, 0.4) is 0 Å². The van der Waals surface area contributed by atoms with Crippen molar-refractivity contribution in [1.82, 2.24) is 10.2 Å². The molecule has 2 fully saturated rings. The molecule has 1 heterocycles. The fraction of sp³-hybridized carbons (Fsp3) is 1.00. The summed E-state index contributed by atoms with van der Waals surface area (Å²) in [5, 5.41) is 3.79. The lowest BCUT2D eigenvalue weighted by atomic mass is 9.80. The molecule has 0 radical (unpaired) electrons. The molecule has 2 rings (SSSR count). The van der Waals surface area contributed by atoms with Gasteiger partial charge in [0.05, 0.1) is 0 Å². The first-order valence-corrected chi connectivity index (χ1v) is 8.56. The van der Waals surface area contributed by atoms with Gasteiger partial charge in [-0.3, -0.25) is 0 Å². The third-order valence-electron chi connectivity index (χ3n) is 5.66. The quantitative estimate of drug-likeness (QED) is 0.756. The molecule has 2 nitrogen and oxygen atoms in total. The van der Waals surface area contributed by atoms with Crippen LogP contribution in [0, 0.1) is 11.3 Å². The number of nitrogens with zero attached hydrogens (tertiary/aromatic N) is 1. The van der Waals surface area contributed by atoms with E-state index in [1.165, 1.54) is 58.2 Å². The van der Waals surface area contributed by atoms with E-state index in [9.17, 15) is 0 Å². The van der Waals surface area contributed by atoms with Gasteiger partial charge in [0.15, 0.2) is 0 Å². The Morgan fingerprint density at radius 2 is 1.79 bits per heavy atom. The van der Waals surface area contributed by atoms with E-state index < -0.39 is 0 Å². The molecule has 2 heteroatoms. The molecule has 0 aromatic heterocycles. The normalized spacial score (nSPS) is 29.7. The van der Waals surface area contributed by atoms with Gasteiger partial charge in [0, 0.05) is 25.2 Å². The van der Waals surface area contributed by atoms with Crippen LogP contribution in [0.1, 0.15) is 66.2 Å². The summed E-state index contributed by atoms with van der Waals surface area (Å²) < 4.78 is 0. The van der Waals surface area contributed by atoms with Crippen molar-refractivity contribution >= 4 is 0 Å². The summed E-state index contributed by atoms with van der Waals surface area (Å²) >= 11 is 0. The number of piperidine rings is 1. The van der Waals surface area contributed by atoms with Gasteiger partial charge in [-0.05, 0) is 63.3 Å². The van der Waals surface area contributed by atoms with Crippen molar-refractivity contribution in [3.63, 3.8) is 0 Å². The highest BCUT2D eigenvalue weighted by atomic mass is 15.2. The summed E-state index contributed by atoms with van der Waals surface area (Å²) in [4.78, 5) is 2.77. The van der Waals surface area contributed by atoms with Crippen LogP contribution in [-0.4, -0.2) is 36.6 Å². The fourth-order valence-electron chi connectivity index (χ4n) is 3.55. The van der Waals surface area contributed by atoms with Crippen molar-refractivity contribution in [2.75, 3.05) is 19.6 Å². The maximum Gasteiger partial charge on any atom is 0.00697 e. The maximum absolute atomic E-state index is 3.79. The van der Waals surface area contributed by atoms with Crippen LogP contribution < -0.4 is 5.32 Å². The summed E-state index contributed by atoms with van der Waals surface area (Å²) in [6.45, 7) is 13.4. The van der Waals surface area contributed by atoms with Crippen LogP contribution in [0.15, 0.2) is 0 Å². The van der Waals surface area contributed by atoms with Crippen molar-refractivity contribution in [2.45, 2.75) is 78.3 Å². The smallest absolute Gasteiger partial charge is 0.00697 e. The number of nitrogens with one attached hydrogen (secondary N) is 1. The second kappa shape index (κ2) is 6.58. The largest absolute Gasteiger partial charge is 0.313 e. The zero-order chi connectivity index (χ0) is 13.9. The second-order valence-electron chi connectivity index (χ2n) is 7.31. The monoisotopic (exact) mass is 266 g/mol. The van der Waals surface area contributed by atoms with Crippen molar-refractivity contribution < 1.29 is 0 Å². The van der Waals surface area contributed by atoms with E-state index in [0.717, 1.165) is 18.0 Å². The first-order valence-electron chi connectivity index (χ1n) is 8.56. The van der Waals surface area contributed by atoms with Gasteiger partial charge in [-0.15, -0.1) is 0 Å². The molecule has 1 aliphatic carbocycles.